The largest absolute Gasteiger partial charge is 0.359 e. The molecule has 4 heterocycles. The summed E-state index contributed by atoms with van der Waals surface area (Å²) in [5.74, 6) is 0.681. The molecule has 0 bridgehead atoms. The Morgan fingerprint density at radius 3 is 2.66 bits per heavy atom. The second kappa shape index (κ2) is 9.63. The number of aromatic amines is 2. The molecular formula is C30H32N8. The van der Waals surface area contributed by atoms with Gasteiger partial charge in [-0.25, -0.2) is 9.97 Å². The molecule has 5 rings (SSSR count). The summed E-state index contributed by atoms with van der Waals surface area (Å²) < 4.78 is 1.98. The number of hydrogen-bond donors (Lipinski definition) is 3. The van der Waals surface area contributed by atoms with E-state index >= 15 is 0 Å². The summed E-state index contributed by atoms with van der Waals surface area (Å²) in [7, 11) is 0. The maximum Gasteiger partial charge on any atom is 0.159 e. The lowest BCUT2D eigenvalue weighted by atomic mass is 9.92. The van der Waals surface area contributed by atoms with E-state index in [4.69, 9.17) is 4.98 Å². The van der Waals surface area contributed by atoms with Gasteiger partial charge in [0, 0.05) is 28.4 Å². The summed E-state index contributed by atoms with van der Waals surface area (Å²) in [6.45, 7) is 18.5. The molecule has 0 radical (unpaired) electrons. The molecule has 0 spiro atoms. The van der Waals surface area contributed by atoms with Gasteiger partial charge in [0.05, 0.1) is 40.6 Å². The van der Waals surface area contributed by atoms with Crippen molar-refractivity contribution in [3.05, 3.63) is 97.2 Å². The van der Waals surface area contributed by atoms with E-state index in [1.165, 1.54) is 0 Å². The number of pyridine rings is 1. The minimum Gasteiger partial charge on any atom is -0.359 e. The molecule has 192 valence electrons. The summed E-state index contributed by atoms with van der Waals surface area (Å²) in [5.41, 5.74) is 8.69. The zero-order valence-corrected chi connectivity index (χ0v) is 22.4. The van der Waals surface area contributed by atoms with Crippen LogP contribution in [0.3, 0.4) is 0 Å². The van der Waals surface area contributed by atoms with Gasteiger partial charge in [-0.3, -0.25) is 10.1 Å². The maximum atomic E-state index is 4.94. The van der Waals surface area contributed by atoms with Gasteiger partial charge in [-0.1, -0.05) is 46.1 Å². The fourth-order valence-corrected chi connectivity index (χ4v) is 4.13. The van der Waals surface area contributed by atoms with Crippen molar-refractivity contribution < 1.29 is 0 Å². The second-order valence-corrected chi connectivity index (χ2v) is 10.3. The van der Waals surface area contributed by atoms with Crippen LogP contribution in [-0.2, 0) is 0 Å². The first-order valence-electron chi connectivity index (χ1n) is 12.5. The summed E-state index contributed by atoms with van der Waals surface area (Å²) in [5, 5.41) is 12.0. The molecule has 0 atom stereocenters. The number of hydrogen-bond acceptors (Lipinski definition) is 5. The molecule has 1 aromatic carbocycles. The van der Waals surface area contributed by atoms with E-state index in [-0.39, 0.29) is 5.41 Å². The summed E-state index contributed by atoms with van der Waals surface area (Å²) in [6, 6.07) is 8.08. The van der Waals surface area contributed by atoms with Crippen molar-refractivity contribution in [1.82, 2.24) is 40.0 Å². The van der Waals surface area contributed by atoms with Crippen LogP contribution in [0.25, 0.3) is 44.7 Å². The fraction of sp³-hybridized carbons (Fsp3) is 0.200. The Kier molecular flexibility index (Phi) is 6.32. The lowest BCUT2D eigenvalue weighted by molar-refractivity contribution is 0.478. The van der Waals surface area contributed by atoms with E-state index in [0.29, 0.717) is 5.82 Å². The lowest BCUT2D eigenvalue weighted by Crippen LogP contribution is -2.22. The van der Waals surface area contributed by atoms with E-state index in [1.54, 1.807) is 18.6 Å². The zero-order valence-electron chi connectivity index (χ0n) is 22.4. The first-order chi connectivity index (χ1) is 18.2. The predicted molar refractivity (Wildman–Crippen MR) is 154 cm³/mol. The van der Waals surface area contributed by atoms with Gasteiger partial charge >= 0.3 is 0 Å². The van der Waals surface area contributed by atoms with E-state index in [9.17, 15) is 0 Å². The number of aromatic nitrogens is 7. The molecule has 0 aliphatic carbocycles. The van der Waals surface area contributed by atoms with Crippen molar-refractivity contribution in [2.75, 3.05) is 0 Å². The standard InChI is InChI=1S/C30H32N8/c1-8-20(13-21(9-2)33-19(4)30(5,6)7)24-14-22-25(15-31-24)36-37-27(22)29-34-23-11-10-12-26(28(23)35-29)38-16-18(3)32-17-38/h8-17,33H,2,4H2,1,3,5-7H3,(H,34,35)(H,36,37)/b20-8+,21-13+. The summed E-state index contributed by atoms with van der Waals surface area (Å²) in [6.07, 6.45) is 11.4. The SMILES string of the molecule is C=C/C(=C\C(=C/C)c1cc2c(-c3nc4c(-n5cnc(C)c5)cccc4[nH]3)n[nH]c2cn1)NC(=C)C(C)(C)C. The van der Waals surface area contributed by atoms with Gasteiger partial charge in [0.25, 0.3) is 0 Å². The number of nitrogens with one attached hydrogen (secondary N) is 3. The third-order valence-corrected chi connectivity index (χ3v) is 6.49. The molecule has 0 saturated heterocycles. The predicted octanol–water partition coefficient (Wildman–Crippen LogP) is 6.62. The van der Waals surface area contributed by atoms with E-state index in [1.807, 2.05) is 61.0 Å². The average Bonchev–Trinajstić information content (AvgIpc) is 3.62. The zero-order chi connectivity index (χ0) is 27.0. The molecule has 4 aromatic heterocycles. The third kappa shape index (κ3) is 4.68. The highest BCUT2D eigenvalue weighted by Gasteiger charge is 2.18. The number of para-hydroxylation sites is 1. The Morgan fingerprint density at radius 1 is 1.16 bits per heavy atom. The number of fused-ring (bicyclic) bond motifs is 2. The molecular weight excluding hydrogens is 472 g/mol. The molecule has 0 amide bonds. The van der Waals surface area contributed by atoms with Crippen LogP contribution in [0.4, 0.5) is 0 Å². The Morgan fingerprint density at radius 2 is 1.97 bits per heavy atom. The topological polar surface area (TPSA) is 100 Å². The van der Waals surface area contributed by atoms with E-state index in [0.717, 1.165) is 61.7 Å². The molecule has 0 aliphatic rings. The normalized spacial score (nSPS) is 12.9. The highest BCUT2D eigenvalue weighted by molar-refractivity contribution is 5.95. The van der Waals surface area contributed by atoms with Crippen LogP contribution in [0, 0.1) is 12.3 Å². The first-order valence-corrected chi connectivity index (χ1v) is 12.5. The molecule has 3 N–H and O–H groups in total. The van der Waals surface area contributed by atoms with Crippen LogP contribution in [0.2, 0.25) is 0 Å². The van der Waals surface area contributed by atoms with Gasteiger partial charge in [0.1, 0.15) is 11.2 Å². The molecule has 38 heavy (non-hydrogen) atoms. The monoisotopic (exact) mass is 504 g/mol. The molecule has 0 saturated carbocycles. The van der Waals surface area contributed by atoms with Crippen molar-refractivity contribution in [1.29, 1.82) is 0 Å². The lowest BCUT2D eigenvalue weighted by Gasteiger charge is -2.23. The van der Waals surface area contributed by atoms with Crippen LogP contribution in [0.5, 0.6) is 0 Å². The quantitative estimate of drug-likeness (QED) is 0.216. The van der Waals surface area contributed by atoms with Crippen LogP contribution < -0.4 is 5.32 Å². The number of aryl methyl sites for hydroxylation is 1. The van der Waals surface area contributed by atoms with Crippen LogP contribution in [0.15, 0.2) is 85.8 Å². The highest BCUT2D eigenvalue weighted by Crippen LogP contribution is 2.30. The second-order valence-electron chi connectivity index (χ2n) is 10.3. The molecule has 5 aromatic rings. The van der Waals surface area contributed by atoms with Crippen molar-refractivity contribution in [3.63, 3.8) is 0 Å². The van der Waals surface area contributed by atoms with Crippen molar-refractivity contribution in [2.45, 2.75) is 34.6 Å². The van der Waals surface area contributed by atoms with Gasteiger partial charge in [0.15, 0.2) is 5.82 Å². The van der Waals surface area contributed by atoms with Gasteiger partial charge in [0.2, 0.25) is 0 Å². The van der Waals surface area contributed by atoms with Gasteiger partial charge in [-0.2, -0.15) is 5.10 Å². The average molecular weight is 505 g/mol. The number of rotatable bonds is 7. The maximum absolute atomic E-state index is 4.94. The highest BCUT2D eigenvalue weighted by atomic mass is 15.1. The van der Waals surface area contributed by atoms with E-state index in [2.05, 4.69) is 64.4 Å². The third-order valence-electron chi connectivity index (χ3n) is 6.49. The van der Waals surface area contributed by atoms with Gasteiger partial charge in [-0.15, -0.1) is 0 Å². The van der Waals surface area contributed by atoms with Crippen LogP contribution >= 0.6 is 0 Å². The minimum atomic E-state index is -0.0792. The van der Waals surface area contributed by atoms with Crippen LogP contribution in [-0.4, -0.2) is 34.7 Å². The smallest absolute Gasteiger partial charge is 0.159 e. The number of H-pyrrole nitrogens is 2. The molecule has 8 heteroatoms. The molecule has 0 fully saturated rings. The number of imidazole rings is 2. The Bertz CT molecular complexity index is 1730. The fourth-order valence-electron chi connectivity index (χ4n) is 4.13. The first kappa shape index (κ1) is 25.0. The van der Waals surface area contributed by atoms with Gasteiger partial charge in [-0.05, 0) is 49.8 Å². The van der Waals surface area contributed by atoms with Crippen molar-refractivity contribution >= 4 is 27.5 Å². The van der Waals surface area contributed by atoms with Crippen LogP contribution in [0.1, 0.15) is 39.1 Å². The number of benzene rings is 1. The minimum absolute atomic E-state index is 0.0792. The summed E-state index contributed by atoms with van der Waals surface area (Å²) in [4.78, 5) is 17.4. The molecule has 8 nitrogen and oxygen atoms in total. The summed E-state index contributed by atoms with van der Waals surface area (Å²) >= 11 is 0. The Balaban J connectivity index is 1.55. The number of allylic oxidation sites excluding steroid dienone is 5. The molecule has 0 unspecified atom stereocenters. The molecule has 0 aliphatic heterocycles. The van der Waals surface area contributed by atoms with Gasteiger partial charge < -0.3 is 14.9 Å². The van der Waals surface area contributed by atoms with E-state index < -0.39 is 0 Å². The van der Waals surface area contributed by atoms with Crippen molar-refractivity contribution in [2.24, 2.45) is 5.41 Å². The Hall–Kier alpha value is -4.72. The van der Waals surface area contributed by atoms with Crippen molar-refractivity contribution in [3.8, 4) is 17.2 Å². The number of nitrogens with zero attached hydrogens (tertiary/aromatic N) is 5. The Labute approximate surface area is 221 Å².